The van der Waals surface area contributed by atoms with E-state index < -0.39 is 5.41 Å². The Bertz CT molecular complexity index is 2730. The lowest BCUT2D eigenvalue weighted by Crippen LogP contribution is -2.32. The molecule has 9 aromatic rings. The van der Waals surface area contributed by atoms with Gasteiger partial charge in [0, 0.05) is 33.0 Å². The molecule has 51 heavy (non-hydrogen) atoms. The maximum atomic E-state index is 6.88. The molecule has 7 aromatic carbocycles. The maximum absolute atomic E-state index is 6.88. The van der Waals surface area contributed by atoms with E-state index in [9.17, 15) is 0 Å². The van der Waals surface area contributed by atoms with Crippen LogP contribution in [0.15, 0.2) is 180 Å². The van der Waals surface area contributed by atoms with Gasteiger partial charge in [0.05, 0.1) is 16.8 Å². The van der Waals surface area contributed by atoms with E-state index in [-0.39, 0.29) is 0 Å². The molecule has 3 nitrogen and oxygen atoms in total. The van der Waals surface area contributed by atoms with Crippen LogP contribution in [0.1, 0.15) is 22.3 Å². The van der Waals surface area contributed by atoms with Crippen molar-refractivity contribution in [2.24, 2.45) is 0 Å². The Labute approximate surface area is 295 Å². The summed E-state index contributed by atoms with van der Waals surface area (Å²) in [6.45, 7) is 0. The molecule has 238 valence electrons. The topological polar surface area (TPSA) is 35.3 Å². The van der Waals surface area contributed by atoms with Crippen molar-refractivity contribution in [2.75, 3.05) is 0 Å². The number of pyridine rings is 1. The number of hydrogen-bond donors (Lipinski definition) is 0. The summed E-state index contributed by atoms with van der Waals surface area (Å²) >= 11 is 0. The molecule has 1 spiro atoms. The highest BCUT2D eigenvalue weighted by Gasteiger charge is 2.51. The molecule has 0 saturated carbocycles. The average Bonchev–Trinajstić information content (AvgIpc) is 3.73. The molecular formula is C48H29NO2. The zero-order chi connectivity index (χ0) is 33.5. The minimum absolute atomic E-state index is 0.536. The van der Waals surface area contributed by atoms with Crippen molar-refractivity contribution in [3.8, 4) is 56.3 Å². The minimum Gasteiger partial charge on any atom is -0.453 e. The summed E-state index contributed by atoms with van der Waals surface area (Å²) in [7, 11) is 0. The van der Waals surface area contributed by atoms with E-state index in [2.05, 4.69) is 170 Å². The van der Waals surface area contributed by atoms with Gasteiger partial charge < -0.3 is 9.15 Å². The van der Waals surface area contributed by atoms with Crippen molar-refractivity contribution in [2.45, 2.75) is 5.41 Å². The van der Waals surface area contributed by atoms with Crippen LogP contribution < -0.4 is 4.74 Å². The van der Waals surface area contributed by atoms with Crippen LogP contribution in [0, 0.1) is 0 Å². The highest BCUT2D eigenvalue weighted by atomic mass is 16.5. The maximum Gasteiger partial charge on any atom is 0.178 e. The van der Waals surface area contributed by atoms with E-state index in [1.165, 1.54) is 22.3 Å². The third kappa shape index (κ3) is 3.97. The first kappa shape index (κ1) is 28.2. The van der Waals surface area contributed by atoms with Crippen molar-refractivity contribution >= 4 is 21.9 Å². The number of para-hydroxylation sites is 1. The summed E-state index contributed by atoms with van der Waals surface area (Å²) in [6, 6.07) is 62.2. The Morgan fingerprint density at radius 3 is 1.75 bits per heavy atom. The minimum atomic E-state index is -0.536. The van der Waals surface area contributed by atoms with Gasteiger partial charge in [0.25, 0.3) is 0 Å². The third-order valence-corrected chi connectivity index (χ3v) is 10.8. The lowest BCUT2D eigenvalue weighted by Gasteiger charge is -2.39. The molecule has 3 heterocycles. The van der Waals surface area contributed by atoms with Crippen LogP contribution >= 0.6 is 0 Å². The lowest BCUT2D eigenvalue weighted by atomic mass is 9.66. The fourth-order valence-electron chi connectivity index (χ4n) is 8.54. The second-order valence-electron chi connectivity index (χ2n) is 13.4. The van der Waals surface area contributed by atoms with Gasteiger partial charge in [0.1, 0.15) is 11.3 Å². The number of ether oxygens (including phenoxy) is 1. The monoisotopic (exact) mass is 651 g/mol. The first-order chi connectivity index (χ1) is 25.3. The van der Waals surface area contributed by atoms with Crippen molar-refractivity contribution in [1.29, 1.82) is 0 Å². The molecule has 0 atom stereocenters. The first-order valence-corrected chi connectivity index (χ1v) is 17.4. The van der Waals surface area contributed by atoms with Gasteiger partial charge in [-0.15, -0.1) is 0 Å². The standard InChI is InChI=1S/C48H29NO2/c1-3-13-30(14-4-1)33-28-42(31-15-5-2-6-16-31)49-43(29-33)32-23-26-44-37(27-32)36-24-25-41-47(46(36)50-44)51-45-22-12-11-21-40(45)48(41)38-19-9-7-17-34(38)35-18-8-10-20-39(35)48/h1-29H. The number of furan rings is 1. The van der Waals surface area contributed by atoms with Crippen LogP contribution in [0.5, 0.6) is 11.5 Å². The molecular weight excluding hydrogens is 623 g/mol. The van der Waals surface area contributed by atoms with Crippen LogP contribution in [-0.2, 0) is 5.41 Å². The highest BCUT2D eigenvalue weighted by molar-refractivity contribution is 6.09. The highest BCUT2D eigenvalue weighted by Crippen LogP contribution is 2.63. The van der Waals surface area contributed by atoms with E-state index >= 15 is 0 Å². The second-order valence-corrected chi connectivity index (χ2v) is 13.4. The van der Waals surface area contributed by atoms with Gasteiger partial charge in [0.2, 0.25) is 0 Å². The molecule has 3 heteroatoms. The zero-order valence-corrected chi connectivity index (χ0v) is 27.5. The summed E-state index contributed by atoms with van der Waals surface area (Å²) in [5.74, 6) is 1.62. The molecule has 0 saturated heterocycles. The molecule has 0 radical (unpaired) electrons. The third-order valence-electron chi connectivity index (χ3n) is 10.8. The van der Waals surface area contributed by atoms with Crippen molar-refractivity contribution in [3.63, 3.8) is 0 Å². The van der Waals surface area contributed by atoms with Gasteiger partial charge in [-0.2, -0.15) is 0 Å². The van der Waals surface area contributed by atoms with Crippen molar-refractivity contribution in [3.05, 3.63) is 198 Å². The van der Waals surface area contributed by atoms with Gasteiger partial charge in [-0.3, -0.25) is 0 Å². The summed E-state index contributed by atoms with van der Waals surface area (Å²) in [6.07, 6.45) is 0. The number of nitrogens with zero attached hydrogens (tertiary/aromatic N) is 1. The summed E-state index contributed by atoms with van der Waals surface area (Å²) in [4.78, 5) is 5.20. The zero-order valence-electron chi connectivity index (χ0n) is 27.5. The van der Waals surface area contributed by atoms with Gasteiger partial charge >= 0.3 is 0 Å². The summed E-state index contributed by atoms with van der Waals surface area (Å²) in [5, 5.41) is 2.05. The molecule has 2 aromatic heterocycles. The second kappa shape index (κ2) is 10.6. The fraction of sp³-hybridized carbons (Fsp3) is 0.0208. The summed E-state index contributed by atoms with van der Waals surface area (Å²) in [5.41, 5.74) is 14.5. The van der Waals surface area contributed by atoms with E-state index in [4.69, 9.17) is 14.1 Å². The number of hydrogen-bond acceptors (Lipinski definition) is 3. The fourth-order valence-corrected chi connectivity index (χ4v) is 8.54. The van der Waals surface area contributed by atoms with E-state index in [1.807, 2.05) is 6.07 Å². The predicted octanol–water partition coefficient (Wildman–Crippen LogP) is 12.5. The van der Waals surface area contributed by atoms with E-state index in [0.29, 0.717) is 0 Å². The molecule has 0 amide bonds. The van der Waals surface area contributed by atoms with E-state index in [1.54, 1.807) is 0 Å². The van der Waals surface area contributed by atoms with Crippen LogP contribution in [0.2, 0.25) is 0 Å². The Kier molecular flexibility index (Phi) is 5.88. The predicted molar refractivity (Wildman–Crippen MR) is 205 cm³/mol. The molecule has 1 aliphatic heterocycles. The molecule has 11 rings (SSSR count). The van der Waals surface area contributed by atoms with Crippen LogP contribution in [0.4, 0.5) is 0 Å². The Morgan fingerprint density at radius 2 is 1.02 bits per heavy atom. The molecule has 0 unspecified atom stereocenters. The average molecular weight is 652 g/mol. The van der Waals surface area contributed by atoms with Gasteiger partial charge in [-0.05, 0) is 75.8 Å². The molecule has 2 aliphatic rings. The smallest absolute Gasteiger partial charge is 0.178 e. The largest absolute Gasteiger partial charge is 0.453 e. The Hall–Kier alpha value is -6.71. The van der Waals surface area contributed by atoms with Crippen LogP contribution in [0.25, 0.3) is 66.7 Å². The van der Waals surface area contributed by atoms with Crippen LogP contribution in [0.3, 0.4) is 0 Å². The molecule has 0 N–H and O–H groups in total. The Balaban J connectivity index is 1.14. The normalized spacial score (nSPS) is 13.4. The van der Waals surface area contributed by atoms with Crippen LogP contribution in [-0.4, -0.2) is 4.98 Å². The summed E-state index contributed by atoms with van der Waals surface area (Å²) < 4.78 is 13.7. The first-order valence-electron chi connectivity index (χ1n) is 17.4. The Morgan fingerprint density at radius 1 is 0.412 bits per heavy atom. The SMILES string of the molecule is c1ccc(-c2cc(-c3ccccc3)nc(-c3ccc4oc5c6c(ccc5c4c3)C3(c4ccccc4O6)c4ccccc4-c4ccccc43)c2)cc1. The van der Waals surface area contributed by atoms with E-state index in [0.717, 1.165) is 78.2 Å². The van der Waals surface area contributed by atoms with Gasteiger partial charge in [-0.1, -0.05) is 133 Å². The number of benzene rings is 7. The number of fused-ring (bicyclic) bond motifs is 13. The molecule has 0 fully saturated rings. The molecule has 0 bridgehead atoms. The lowest BCUT2D eigenvalue weighted by molar-refractivity contribution is 0.432. The number of aromatic nitrogens is 1. The van der Waals surface area contributed by atoms with Crippen molar-refractivity contribution in [1.82, 2.24) is 4.98 Å². The quantitative estimate of drug-likeness (QED) is 0.191. The van der Waals surface area contributed by atoms with Gasteiger partial charge in [0.15, 0.2) is 11.3 Å². The molecule has 1 aliphatic carbocycles. The number of rotatable bonds is 3. The van der Waals surface area contributed by atoms with Gasteiger partial charge in [-0.25, -0.2) is 4.98 Å². The van der Waals surface area contributed by atoms with Crippen molar-refractivity contribution < 1.29 is 9.15 Å².